The van der Waals surface area contributed by atoms with Crippen LogP contribution in [0.1, 0.15) is 50.7 Å². The minimum atomic E-state index is 0.0836. The van der Waals surface area contributed by atoms with Gasteiger partial charge < -0.3 is 10.2 Å². The molecule has 0 spiro atoms. The summed E-state index contributed by atoms with van der Waals surface area (Å²) in [5.41, 5.74) is 5.96. The van der Waals surface area contributed by atoms with E-state index in [1.807, 2.05) is 12.1 Å². The van der Waals surface area contributed by atoms with Crippen LogP contribution >= 0.6 is 0 Å². The molecule has 2 nitrogen and oxygen atoms in total. The van der Waals surface area contributed by atoms with Gasteiger partial charge >= 0.3 is 0 Å². The van der Waals surface area contributed by atoms with E-state index in [-0.39, 0.29) is 6.04 Å². The molecule has 2 heteroatoms. The van der Waals surface area contributed by atoms with E-state index in [0.717, 1.165) is 24.4 Å². The molecule has 0 bridgehead atoms. The van der Waals surface area contributed by atoms with Crippen LogP contribution < -0.4 is 5.73 Å². The normalized spacial score (nSPS) is 13.2. The van der Waals surface area contributed by atoms with Crippen molar-refractivity contribution in [1.29, 1.82) is 0 Å². The summed E-state index contributed by atoms with van der Waals surface area (Å²) in [5, 5.41) is 0. The Balaban J connectivity index is 2.50. The maximum absolute atomic E-state index is 5.96. The second kappa shape index (κ2) is 5.07. The summed E-state index contributed by atoms with van der Waals surface area (Å²) >= 11 is 0. The number of hydrogen-bond donors (Lipinski definition) is 1. The van der Waals surface area contributed by atoms with Crippen LogP contribution in [0.15, 0.2) is 16.5 Å². The molecular weight excluding hydrogens is 162 g/mol. The molecule has 0 fully saturated rings. The number of unbranched alkanes of at least 4 members (excludes halogenated alkanes) is 1. The van der Waals surface area contributed by atoms with Crippen molar-refractivity contribution < 1.29 is 4.42 Å². The lowest BCUT2D eigenvalue weighted by molar-refractivity contribution is 0.420. The largest absolute Gasteiger partial charge is 0.464 e. The van der Waals surface area contributed by atoms with Gasteiger partial charge in [-0.05, 0) is 18.6 Å². The second-order valence-corrected chi connectivity index (χ2v) is 3.41. The van der Waals surface area contributed by atoms with Gasteiger partial charge in [-0.15, -0.1) is 0 Å². The zero-order valence-corrected chi connectivity index (χ0v) is 8.55. The Morgan fingerprint density at radius 3 is 2.69 bits per heavy atom. The van der Waals surface area contributed by atoms with Crippen molar-refractivity contribution in [2.45, 2.75) is 45.6 Å². The first kappa shape index (κ1) is 10.3. The Morgan fingerprint density at radius 1 is 1.38 bits per heavy atom. The molecular formula is C11H19NO. The molecule has 74 valence electrons. The standard InChI is InChI=1S/C11H19NO/c1-3-5-6-10(12)11-8-7-9(4-2)13-11/h7-8,10H,3-6,12H2,1-2H3. The van der Waals surface area contributed by atoms with Crippen LogP contribution in [-0.4, -0.2) is 0 Å². The molecule has 1 aromatic heterocycles. The zero-order chi connectivity index (χ0) is 9.68. The van der Waals surface area contributed by atoms with Gasteiger partial charge in [-0.1, -0.05) is 26.7 Å². The molecule has 1 atom stereocenters. The molecule has 0 aliphatic rings. The van der Waals surface area contributed by atoms with Gasteiger partial charge in [0.25, 0.3) is 0 Å². The van der Waals surface area contributed by atoms with E-state index in [9.17, 15) is 0 Å². The predicted molar refractivity (Wildman–Crippen MR) is 54.5 cm³/mol. The van der Waals surface area contributed by atoms with Crippen molar-refractivity contribution in [3.05, 3.63) is 23.7 Å². The Labute approximate surface area is 80.1 Å². The monoisotopic (exact) mass is 181 g/mol. The lowest BCUT2D eigenvalue weighted by Crippen LogP contribution is -2.08. The summed E-state index contributed by atoms with van der Waals surface area (Å²) < 4.78 is 5.57. The first-order valence-electron chi connectivity index (χ1n) is 5.12. The van der Waals surface area contributed by atoms with E-state index in [2.05, 4.69) is 13.8 Å². The minimum absolute atomic E-state index is 0.0836. The fourth-order valence-electron chi connectivity index (χ4n) is 1.35. The van der Waals surface area contributed by atoms with Crippen LogP contribution in [0.3, 0.4) is 0 Å². The number of rotatable bonds is 5. The maximum Gasteiger partial charge on any atom is 0.120 e. The molecule has 0 amide bonds. The van der Waals surface area contributed by atoms with Crippen molar-refractivity contribution in [2.75, 3.05) is 0 Å². The van der Waals surface area contributed by atoms with Crippen LogP contribution in [0, 0.1) is 0 Å². The molecule has 0 aliphatic heterocycles. The molecule has 1 unspecified atom stereocenters. The SMILES string of the molecule is CCCCC(N)c1ccc(CC)o1. The fourth-order valence-corrected chi connectivity index (χ4v) is 1.35. The third-order valence-corrected chi connectivity index (χ3v) is 2.27. The molecule has 0 aliphatic carbocycles. The average Bonchev–Trinajstić information content (AvgIpc) is 2.62. The van der Waals surface area contributed by atoms with Crippen LogP contribution in [0.4, 0.5) is 0 Å². The van der Waals surface area contributed by atoms with Crippen LogP contribution in [0.5, 0.6) is 0 Å². The summed E-state index contributed by atoms with van der Waals surface area (Å²) in [5.74, 6) is 1.97. The lowest BCUT2D eigenvalue weighted by Gasteiger charge is -2.06. The third-order valence-electron chi connectivity index (χ3n) is 2.27. The molecule has 0 saturated heterocycles. The summed E-state index contributed by atoms with van der Waals surface area (Å²) in [4.78, 5) is 0. The van der Waals surface area contributed by atoms with E-state index in [0.29, 0.717) is 0 Å². The van der Waals surface area contributed by atoms with E-state index < -0.39 is 0 Å². The topological polar surface area (TPSA) is 39.2 Å². The van der Waals surface area contributed by atoms with Crippen molar-refractivity contribution in [2.24, 2.45) is 5.73 Å². The smallest absolute Gasteiger partial charge is 0.120 e. The molecule has 13 heavy (non-hydrogen) atoms. The van der Waals surface area contributed by atoms with E-state index in [4.69, 9.17) is 10.2 Å². The van der Waals surface area contributed by atoms with Gasteiger partial charge in [0.2, 0.25) is 0 Å². The first-order chi connectivity index (χ1) is 6.27. The van der Waals surface area contributed by atoms with E-state index >= 15 is 0 Å². The quantitative estimate of drug-likeness (QED) is 0.758. The average molecular weight is 181 g/mol. The van der Waals surface area contributed by atoms with Crippen LogP contribution in [-0.2, 0) is 6.42 Å². The highest BCUT2D eigenvalue weighted by Gasteiger charge is 2.09. The van der Waals surface area contributed by atoms with Gasteiger partial charge in [0.1, 0.15) is 11.5 Å². The van der Waals surface area contributed by atoms with Crippen LogP contribution in [0.2, 0.25) is 0 Å². The maximum atomic E-state index is 5.96. The number of furan rings is 1. The Morgan fingerprint density at radius 2 is 2.15 bits per heavy atom. The van der Waals surface area contributed by atoms with Gasteiger partial charge in [0.15, 0.2) is 0 Å². The van der Waals surface area contributed by atoms with E-state index in [1.165, 1.54) is 12.8 Å². The molecule has 0 saturated carbocycles. The van der Waals surface area contributed by atoms with Crippen molar-refractivity contribution in [3.63, 3.8) is 0 Å². The highest BCUT2D eigenvalue weighted by atomic mass is 16.3. The van der Waals surface area contributed by atoms with Gasteiger partial charge in [-0.3, -0.25) is 0 Å². The first-order valence-corrected chi connectivity index (χ1v) is 5.12. The summed E-state index contributed by atoms with van der Waals surface area (Å²) in [6, 6.07) is 4.10. The molecule has 0 aromatic carbocycles. The number of hydrogen-bond acceptors (Lipinski definition) is 2. The Kier molecular flexibility index (Phi) is 4.03. The third kappa shape index (κ3) is 2.88. The fraction of sp³-hybridized carbons (Fsp3) is 0.636. The summed E-state index contributed by atoms with van der Waals surface area (Å²) in [6.07, 6.45) is 4.33. The summed E-state index contributed by atoms with van der Waals surface area (Å²) in [6.45, 7) is 4.26. The summed E-state index contributed by atoms with van der Waals surface area (Å²) in [7, 11) is 0. The van der Waals surface area contributed by atoms with E-state index in [1.54, 1.807) is 0 Å². The Hall–Kier alpha value is -0.760. The van der Waals surface area contributed by atoms with Crippen LogP contribution in [0.25, 0.3) is 0 Å². The second-order valence-electron chi connectivity index (χ2n) is 3.41. The Bertz CT molecular complexity index is 242. The molecule has 2 N–H and O–H groups in total. The van der Waals surface area contributed by atoms with Crippen molar-refractivity contribution >= 4 is 0 Å². The van der Waals surface area contributed by atoms with Gasteiger partial charge in [0.05, 0.1) is 6.04 Å². The van der Waals surface area contributed by atoms with Crippen molar-refractivity contribution in [1.82, 2.24) is 0 Å². The minimum Gasteiger partial charge on any atom is -0.464 e. The van der Waals surface area contributed by atoms with Gasteiger partial charge in [-0.2, -0.15) is 0 Å². The highest BCUT2D eigenvalue weighted by molar-refractivity contribution is 5.10. The zero-order valence-electron chi connectivity index (χ0n) is 8.55. The lowest BCUT2D eigenvalue weighted by atomic mass is 10.1. The predicted octanol–water partition coefficient (Wildman–Crippen LogP) is 3.03. The van der Waals surface area contributed by atoms with Crippen molar-refractivity contribution in [3.8, 4) is 0 Å². The molecule has 1 heterocycles. The highest BCUT2D eigenvalue weighted by Crippen LogP contribution is 2.19. The van der Waals surface area contributed by atoms with Gasteiger partial charge in [0, 0.05) is 6.42 Å². The molecule has 1 aromatic rings. The molecule has 1 rings (SSSR count). The number of nitrogens with two attached hydrogens (primary N) is 1. The number of aryl methyl sites for hydroxylation is 1. The van der Waals surface area contributed by atoms with Gasteiger partial charge in [-0.25, -0.2) is 0 Å². The molecule has 0 radical (unpaired) electrons.